The van der Waals surface area contributed by atoms with E-state index in [-0.39, 0.29) is 0 Å². The molecule has 0 radical (unpaired) electrons. The molecule has 19 nitrogen and oxygen atoms in total. The Morgan fingerprint density at radius 2 is 0.470 bits per heavy atom. The number of benzene rings is 19. The third-order valence-electron chi connectivity index (χ3n) is 27.2. The Balaban J connectivity index is 0.000000123. The zero-order valence-electron chi connectivity index (χ0n) is 78.4. The van der Waals surface area contributed by atoms with Crippen molar-refractivity contribution in [2.75, 3.05) is 0 Å². The van der Waals surface area contributed by atoms with Gasteiger partial charge in [0.05, 0.1) is 120 Å². The van der Waals surface area contributed by atoms with Crippen molar-refractivity contribution >= 4 is 153 Å². The van der Waals surface area contributed by atoms with Crippen molar-refractivity contribution in [2.45, 2.75) is 0 Å². The molecule has 0 N–H and O–H groups in total. The minimum absolute atomic E-state index is 0.331. The van der Waals surface area contributed by atoms with E-state index in [4.69, 9.17) is 54.4 Å². The number of rotatable bonds is 12. The lowest BCUT2D eigenvalue weighted by molar-refractivity contribution is 0.953. The molecular weight excluding hydrogens is 1850 g/mol. The molecule has 0 aliphatic carbocycles. The molecule has 0 spiro atoms. The van der Waals surface area contributed by atoms with Crippen LogP contribution in [0.15, 0.2) is 394 Å². The summed E-state index contributed by atoms with van der Waals surface area (Å²) < 4.78 is 11.1. The van der Waals surface area contributed by atoms with Crippen LogP contribution in [0.4, 0.5) is 34.1 Å². The minimum Gasteiger partial charge on any atom is -0.309 e. The fourth-order valence-electron chi connectivity index (χ4n) is 21.1. The number of para-hydroxylation sites is 2. The molecule has 6 aromatic heterocycles. The molecule has 0 aliphatic rings. The maximum atomic E-state index is 10.3. The van der Waals surface area contributed by atoms with E-state index in [1.165, 1.54) is 14.8 Å². The largest absolute Gasteiger partial charge is 0.309 e. The standard InChI is InChI=1S/C46H24N6.C43H22N8.C40H19N5S/c1-49-37-19-8-12-29(27-47)43(37)34-17-10-22-41-45(34)46-35(44-30(28-48)13-9-20-38(44)50-2)18-11-23-42(46)52(41)32-24-25-40-36(26-32)33-16-6-7-21-39(33)51(40)31-14-4-3-5-15-31;1-46-33-21-9-17-29(25-44)37(33)31-19-11-23-35-39(31)40-32(38-30(26-45)18-10-22-34(38)47-2)20-12-24-36(40)51(35)43-49-41(27-13-5-3-6-14-27)48-42(50-43)28-15-7-4-8-16-28;1-43-31-14-5-9-24(22-41)37(31)28-12-7-16-33-39(28)40-29(38-25(23-42)10-6-15-32(38)44-2)13-8-17-34(40)45(33)26-19-20-36-30(21-26)27-11-3-4-18-35(27)46-36/h3-26H;3-24H;3-21H. The molecule has 0 saturated carbocycles. The third kappa shape index (κ3) is 15.0. The predicted molar refractivity (Wildman–Crippen MR) is 592 cm³/mol. The Bertz CT molecular complexity index is 9970. The van der Waals surface area contributed by atoms with E-state index in [0.717, 1.165) is 132 Å². The van der Waals surface area contributed by atoms with E-state index in [1.807, 2.05) is 168 Å². The van der Waals surface area contributed by atoms with E-state index >= 15 is 0 Å². The summed E-state index contributed by atoms with van der Waals surface area (Å²) in [5.74, 6) is 1.32. The lowest BCUT2D eigenvalue weighted by Crippen LogP contribution is -2.06. The molecule has 0 fully saturated rings. The first-order valence-electron chi connectivity index (χ1n) is 47.0. The van der Waals surface area contributed by atoms with Crippen LogP contribution in [0.1, 0.15) is 33.4 Å². The second kappa shape index (κ2) is 37.9. The molecule has 20 heteroatoms. The molecule has 682 valence electrons. The summed E-state index contributed by atoms with van der Waals surface area (Å²) in [6.07, 6.45) is 0. The monoisotopic (exact) mass is 1910 g/mol. The van der Waals surface area contributed by atoms with Crippen LogP contribution in [0.5, 0.6) is 0 Å². The summed E-state index contributed by atoms with van der Waals surface area (Å²) >= 11 is 1.76. The van der Waals surface area contributed by atoms with Crippen LogP contribution in [-0.2, 0) is 0 Å². The van der Waals surface area contributed by atoms with E-state index in [9.17, 15) is 31.6 Å². The number of hydrogen-bond acceptors (Lipinski definition) is 10. The molecule has 25 aromatic rings. The van der Waals surface area contributed by atoms with Crippen molar-refractivity contribution in [3.8, 4) is 149 Å². The average molecular weight is 1910 g/mol. The number of nitrogens with zero attached hydrogens (tertiary/aromatic N) is 19. The molecule has 0 saturated heterocycles. The van der Waals surface area contributed by atoms with Gasteiger partial charge in [0, 0.05) is 158 Å². The Morgan fingerprint density at radius 1 is 0.208 bits per heavy atom. The highest BCUT2D eigenvalue weighted by Crippen LogP contribution is 2.54. The molecule has 6 heterocycles. The zero-order valence-corrected chi connectivity index (χ0v) is 79.2. The fourth-order valence-corrected chi connectivity index (χ4v) is 22.2. The lowest BCUT2D eigenvalue weighted by atomic mass is 9.90. The van der Waals surface area contributed by atoms with Crippen molar-refractivity contribution in [3.63, 3.8) is 0 Å². The molecular formula is C129H65N19S. The Hall–Kier alpha value is -22.5. The van der Waals surface area contributed by atoms with Gasteiger partial charge in [-0.2, -0.15) is 41.5 Å². The van der Waals surface area contributed by atoms with Gasteiger partial charge in [0.25, 0.3) is 0 Å². The van der Waals surface area contributed by atoms with Crippen molar-refractivity contribution in [1.82, 2.24) is 33.2 Å². The second-order valence-electron chi connectivity index (χ2n) is 34.9. The first-order chi connectivity index (χ1) is 73.5. The molecule has 0 aliphatic heterocycles. The van der Waals surface area contributed by atoms with E-state index in [2.05, 4.69) is 201 Å². The SMILES string of the molecule is [C-]#[N+]c1cccc(C#N)c1-c1cccc2c1c1c(-c3c(C#N)cccc3[N+]#[C-])cccc1n2-c1ccc2c(c1)c1ccccc1n2-c1ccccc1.[C-]#[N+]c1cccc(C#N)c1-c1cccc2c1c1c(-c3c(C#N)cccc3[N+]#[C-])cccc1n2-c1ccc2sc3ccccc3c2c1.[C-]#[N+]c1cccc(C#N)c1-c1cccc2c1c1c(-c3c(C#N)cccc3[N+]#[C-])cccc1n2-c1nc(-c2ccccc2)nc(-c2ccccc2)n1. The highest BCUT2D eigenvalue weighted by molar-refractivity contribution is 7.25. The molecule has 19 aromatic carbocycles. The van der Waals surface area contributed by atoms with Gasteiger partial charge in [-0.15, -0.1) is 11.3 Å². The molecule has 0 amide bonds. The smallest absolute Gasteiger partial charge is 0.238 e. The summed E-state index contributed by atoms with van der Waals surface area (Å²) in [5, 5.41) is 70.8. The van der Waals surface area contributed by atoms with Crippen LogP contribution in [0.2, 0.25) is 0 Å². The van der Waals surface area contributed by atoms with Gasteiger partial charge in [-0.05, 0) is 167 Å². The van der Waals surface area contributed by atoms with Gasteiger partial charge in [0.2, 0.25) is 5.95 Å². The number of hydrogen-bond donors (Lipinski definition) is 0. The summed E-state index contributed by atoms with van der Waals surface area (Å²) in [6.45, 7) is 48.1. The van der Waals surface area contributed by atoms with Gasteiger partial charge in [-0.25, -0.2) is 34.1 Å². The highest BCUT2D eigenvalue weighted by Gasteiger charge is 2.31. The van der Waals surface area contributed by atoms with Gasteiger partial charge in [0.1, 0.15) is 0 Å². The molecule has 0 unspecified atom stereocenters. The van der Waals surface area contributed by atoms with Crippen LogP contribution in [0.3, 0.4) is 0 Å². The second-order valence-corrected chi connectivity index (χ2v) is 36.0. The number of nitriles is 6. The number of fused-ring (bicyclic) bond motifs is 15. The van der Waals surface area contributed by atoms with Gasteiger partial charge < -0.3 is 13.7 Å². The minimum atomic E-state index is 0.331. The normalized spacial score (nSPS) is 10.9. The van der Waals surface area contributed by atoms with Crippen molar-refractivity contribution in [1.29, 1.82) is 31.6 Å². The Kier molecular flexibility index (Phi) is 23.0. The quantitative estimate of drug-likeness (QED) is 0.106. The van der Waals surface area contributed by atoms with Gasteiger partial charge in [-0.3, -0.25) is 4.57 Å². The average Bonchev–Trinajstić information content (AvgIpc) is 1.56. The predicted octanol–water partition coefficient (Wildman–Crippen LogP) is 33.9. The van der Waals surface area contributed by atoms with Gasteiger partial charge in [-0.1, -0.05) is 261 Å². The van der Waals surface area contributed by atoms with Crippen LogP contribution in [0.25, 0.3) is 249 Å². The summed E-state index contributed by atoms with van der Waals surface area (Å²) in [5.41, 5.74) is 23.7. The van der Waals surface area contributed by atoms with Crippen LogP contribution >= 0.6 is 11.3 Å². The zero-order chi connectivity index (χ0) is 102. The first kappa shape index (κ1) is 90.3. The van der Waals surface area contributed by atoms with Crippen LogP contribution in [0, 0.1) is 107 Å². The van der Waals surface area contributed by atoms with Gasteiger partial charge >= 0.3 is 0 Å². The maximum Gasteiger partial charge on any atom is 0.238 e. The van der Waals surface area contributed by atoms with E-state index in [1.54, 1.807) is 121 Å². The molecule has 0 atom stereocenters. The molecule has 149 heavy (non-hydrogen) atoms. The van der Waals surface area contributed by atoms with Crippen molar-refractivity contribution < 1.29 is 0 Å². The van der Waals surface area contributed by atoms with Crippen LogP contribution < -0.4 is 0 Å². The summed E-state index contributed by atoms with van der Waals surface area (Å²) in [4.78, 5) is 37.9. The van der Waals surface area contributed by atoms with Gasteiger partial charge in [0.15, 0.2) is 45.8 Å². The summed E-state index contributed by atoms with van der Waals surface area (Å²) in [7, 11) is 0. The maximum absolute atomic E-state index is 10.3. The number of thiophene rings is 1. The van der Waals surface area contributed by atoms with Crippen LogP contribution in [-0.4, -0.2) is 33.2 Å². The Labute approximate surface area is 856 Å². The molecule has 25 rings (SSSR count). The third-order valence-corrected chi connectivity index (χ3v) is 28.4. The first-order valence-corrected chi connectivity index (χ1v) is 47.8. The molecule has 0 bridgehead atoms. The lowest BCUT2D eigenvalue weighted by Gasteiger charge is -2.12. The van der Waals surface area contributed by atoms with E-state index < -0.39 is 0 Å². The topological polar surface area (TPSA) is 227 Å². The number of aromatic nitrogens is 7. The van der Waals surface area contributed by atoms with E-state index in [0.29, 0.717) is 141 Å². The highest BCUT2D eigenvalue weighted by atomic mass is 32.1. The fraction of sp³-hybridized carbons (Fsp3) is 0. The van der Waals surface area contributed by atoms with Crippen molar-refractivity contribution in [3.05, 3.63) is 496 Å². The van der Waals surface area contributed by atoms with Crippen molar-refractivity contribution in [2.24, 2.45) is 0 Å². The summed E-state index contributed by atoms with van der Waals surface area (Å²) in [6, 6.07) is 140. The Morgan fingerprint density at radius 3 is 0.805 bits per heavy atom.